The summed E-state index contributed by atoms with van der Waals surface area (Å²) in [5.74, 6) is -1.85. The predicted molar refractivity (Wildman–Crippen MR) is 132 cm³/mol. The zero-order valence-corrected chi connectivity index (χ0v) is 19.3. The summed E-state index contributed by atoms with van der Waals surface area (Å²) < 4.78 is 31.5. The monoisotopic (exact) mass is 486 g/mol. The number of halogens is 2. The molecule has 2 aromatic heterocycles. The van der Waals surface area contributed by atoms with E-state index in [9.17, 15) is 18.4 Å². The Balaban J connectivity index is 1.57. The Kier molecular flexibility index (Phi) is 5.77. The number of fused-ring (bicyclic) bond motifs is 1. The molecule has 0 bridgehead atoms. The Morgan fingerprint density at radius 1 is 0.861 bits per heavy atom. The summed E-state index contributed by atoms with van der Waals surface area (Å²) in [5, 5.41) is 9.69. The maximum absolute atomic E-state index is 14.6. The third-order valence-electron chi connectivity index (χ3n) is 5.46. The molecule has 36 heavy (non-hydrogen) atoms. The highest BCUT2D eigenvalue weighted by molar-refractivity contribution is 5.91. The average molecular weight is 486 g/mol. The van der Waals surface area contributed by atoms with Gasteiger partial charge < -0.3 is 10.6 Å². The van der Waals surface area contributed by atoms with E-state index in [0.717, 1.165) is 17.3 Å². The highest BCUT2D eigenvalue weighted by Crippen LogP contribution is 2.31. The van der Waals surface area contributed by atoms with Crippen LogP contribution in [0.15, 0.2) is 73.3 Å². The quantitative estimate of drug-likeness (QED) is 0.363. The van der Waals surface area contributed by atoms with Crippen LogP contribution >= 0.6 is 0 Å². The summed E-state index contributed by atoms with van der Waals surface area (Å²) in [6, 6.07) is 14.0. The van der Waals surface area contributed by atoms with Gasteiger partial charge >= 0.3 is 0 Å². The first kappa shape index (κ1) is 22.9. The maximum atomic E-state index is 14.6. The number of carbonyl (C=O) groups excluding carboxylic acids is 2. The molecule has 2 heterocycles. The molecule has 3 aromatic carbocycles. The number of benzene rings is 3. The standard InChI is InChI=1S/C26H20F2N6O2/c1-15(35)31-19-7-17(23-5-3-18(27)9-24(23)28)8-22(10-19)33-14-29-25-11-21(4-6-26(25)33)34-13-20(12-30-34)32-16(2)36/h3-14H,1-2H3,(H,31,35)(H,32,36). The van der Waals surface area contributed by atoms with Gasteiger partial charge in [-0.25, -0.2) is 18.4 Å². The number of amides is 2. The van der Waals surface area contributed by atoms with Crippen LogP contribution in [0.1, 0.15) is 13.8 Å². The first-order chi connectivity index (χ1) is 17.3. The van der Waals surface area contributed by atoms with Crippen molar-refractivity contribution in [3.8, 4) is 22.5 Å². The minimum atomic E-state index is -0.709. The van der Waals surface area contributed by atoms with E-state index in [-0.39, 0.29) is 17.4 Å². The third kappa shape index (κ3) is 4.56. The van der Waals surface area contributed by atoms with E-state index in [1.807, 2.05) is 18.2 Å². The molecule has 5 rings (SSSR count). The van der Waals surface area contributed by atoms with E-state index < -0.39 is 11.6 Å². The molecule has 0 spiro atoms. The normalized spacial score (nSPS) is 11.0. The average Bonchev–Trinajstić information content (AvgIpc) is 3.44. The topological polar surface area (TPSA) is 93.8 Å². The summed E-state index contributed by atoms with van der Waals surface area (Å²) in [7, 11) is 0. The number of nitrogens with zero attached hydrogens (tertiary/aromatic N) is 4. The number of anilines is 2. The second kappa shape index (κ2) is 9.06. The zero-order valence-electron chi connectivity index (χ0n) is 19.3. The van der Waals surface area contributed by atoms with Gasteiger partial charge in [-0.2, -0.15) is 5.10 Å². The maximum Gasteiger partial charge on any atom is 0.221 e. The second-order valence-electron chi connectivity index (χ2n) is 8.22. The molecule has 8 nitrogen and oxygen atoms in total. The van der Waals surface area contributed by atoms with E-state index in [2.05, 4.69) is 20.7 Å². The summed E-state index contributed by atoms with van der Waals surface area (Å²) in [6.07, 6.45) is 4.87. The van der Waals surface area contributed by atoms with E-state index in [4.69, 9.17) is 0 Å². The largest absolute Gasteiger partial charge is 0.326 e. The van der Waals surface area contributed by atoms with Gasteiger partial charge in [-0.05, 0) is 54.1 Å². The molecular formula is C26H20F2N6O2. The van der Waals surface area contributed by atoms with Crippen molar-refractivity contribution in [1.29, 1.82) is 0 Å². The van der Waals surface area contributed by atoms with Crippen molar-refractivity contribution in [2.45, 2.75) is 13.8 Å². The van der Waals surface area contributed by atoms with Crippen molar-refractivity contribution in [3.05, 3.63) is 85.0 Å². The molecule has 0 fully saturated rings. The molecule has 0 aliphatic carbocycles. The highest BCUT2D eigenvalue weighted by atomic mass is 19.1. The first-order valence-electron chi connectivity index (χ1n) is 10.9. The van der Waals surface area contributed by atoms with Crippen LogP contribution in [-0.2, 0) is 9.59 Å². The fraction of sp³-hybridized carbons (Fsp3) is 0.0769. The lowest BCUT2D eigenvalue weighted by atomic mass is 10.0. The van der Waals surface area contributed by atoms with Crippen molar-refractivity contribution in [2.24, 2.45) is 0 Å². The lowest BCUT2D eigenvalue weighted by Gasteiger charge is -2.13. The summed E-state index contributed by atoms with van der Waals surface area (Å²) in [6.45, 7) is 2.80. The molecule has 0 radical (unpaired) electrons. The van der Waals surface area contributed by atoms with Gasteiger partial charge in [0.15, 0.2) is 0 Å². The SMILES string of the molecule is CC(=O)Nc1cc(-c2ccc(F)cc2F)cc(-n2cnc3cc(-n4cc(NC(C)=O)cn4)ccc32)c1. The Morgan fingerprint density at radius 3 is 2.39 bits per heavy atom. The van der Waals surface area contributed by atoms with Gasteiger partial charge in [0.2, 0.25) is 11.8 Å². The van der Waals surface area contributed by atoms with Crippen LogP contribution in [0.4, 0.5) is 20.2 Å². The van der Waals surface area contributed by atoms with Crippen LogP contribution in [-0.4, -0.2) is 31.1 Å². The van der Waals surface area contributed by atoms with Gasteiger partial charge in [-0.1, -0.05) is 0 Å². The number of nitrogens with one attached hydrogen (secondary N) is 2. The van der Waals surface area contributed by atoms with E-state index >= 15 is 0 Å². The lowest BCUT2D eigenvalue weighted by molar-refractivity contribution is -0.115. The van der Waals surface area contributed by atoms with Gasteiger partial charge in [0.05, 0.1) is 34.8 Å². The molecule has 10 heteroatoms. The third-order valence-corrected chi connectivity index (χ3v) is 5.46. The van der Waals surface area contributed by atoms with E-state index in [1.165, 1.54) is 26.0 Å². The van der Waals surface area contributed by atoms with Crippen LogP contribution in [0.2, 0.25) is 0 Å². The summed E-state index contributed by atoms with van der Waals surface area (Å²) >= 11 is 0. The van der Waals surface area contributed by atoms with Crippen molar-refractivity contribution in [2.75, 3.05) is 10.6 Å². The molecule has 0 atom stereocenters. The molecule has 5 aromatic rings. The fourth-order valence-electron chi connectivity index (χ4n) is 3.99. The lowest BCUT2D eigenvalue weighted by Crippen LogP contribution is -2.07. The molecule has 180 valence electrons. The van der Waals surface area contributed by atoms with Gasteiger partial charge in [0, 0.05) is 36.9 Å². The molecule has 0 unspecified atom stereocenters. The first-order valence-corrected chi connectivity index (χ1v) is 10.9. The Hall–Kier alpha value is -4.86. The number of imidazole rings is 1. The van der Waals surface area contributed by atoms with Crippen LogP contribution in [0.5, 0.6) is 0 Å². The highest BCUT2D eigenvalue weighted by Gasteiger charge is 2.13. The molecule has 0 saturated carbocycles. The van der Waals surface area contributed by atoms with Gasteiger partial charge in [0.25, 0.3) is 0 Å². The van der Waals surface area contributed by atoms with Crippen molar-refractivity contribution in [1.82, 2.24) is 19.3 Å². The number of hydrogen-bond acceptors (Lipinski definition) is 4. The van der Waals surface area contributed by atoms with Gasteiger partial charge in [-0.3, -0.25) is 14.2 Å². The van der Waals surface area contributed by atoms with Crippen LogP contribution < -0.4 is 10.6 Å². The van der Waals surface area contributed by atoms with Crippen molar-refractivity contribution >= 4 is 34.2 Å². The smallest absolute Gasteiger partial charge is 0.221 e. The van der Waals surface area contributed by atoms with E-state index in [1.54, 1.807) is 46.2 Å². The number of rotatable bonds is 5. The summed E-state index contributed by atoms with van der Waals surface area (Å²) in [4.78, 5) is 27.5. The molecule has 0 saturated heterocycles. The minimum Gasteiger partial charge on any atom is -0.326 e. The van der Waals surface area contributed by atoms with Gasteiger partial charge in [0.1, 0.15) is 18.0 Å². The van der Waals surface area contributed by atoms with Crippen LogP contribution in [0, 0.1) is 11.6 Å². The zero-order chi connectivity index (χ0) is 25.4. The molecular weight excluding hydrogens is 466 g/mol. The van der Waals surface area contributed by atoms with Crippen LogP contribution in [0.25, 0.3) is 33.5 Å². The number of hydrogen-bond donors (Lipinski definition) is 2. The molecule has 0 aliphatic rings. The molecule has 0 aliphatic heterocycles. The minimum absolute atomic E-state index is 0.190. The van der Waals surface area contributed by atoms with Gasteiger partial charge in [-0.15, -0.1) is 0 Å². The molecule has 2 amide bonds. The Morgan fingerprint density at radius 2 is 1.64 bits per heavy atom. The molecule has 2 N–H and O–H groups in total. The van der Waals surface area contributed by atoms with Crippen molar-refractivity contribution in [3.63, 3.8) is 0 Å². The Bertz CT molecular complexity index is 1640. The van der Waals surface area contributed by atoms with Crippen LogP contribution in [0.3, 0.4) is 0 Å². The Labute approximate surface area is 204 Å². The fourth-order valence-corrected chi connectivity index (χ4v) is 3.99. The summed E-state index contributed by atoms with van der Waals surface area (Å²) in [5.41, 5.74) is 4.50. The van der Waals surface area contributed by atoms with Crippen molar-refractivity contribution < 1.29 is 18.4 Å². The predicted octanol–water partition coefficient (Wildman–Crippen LogP) is 5.07. The number of carbonyl (C=O) groups is 2. The second-order valence-corrected chi connectivity index (χ2v) is 8.22. The number of aromatic nitrogens is 4. The van der Waals surface area contributed by atoms with E-state index in [0.29, 0.717) is 28.1 Å².